The van der Waals surface area contributed by atoms with Crippen LogP contribution in [-0.2, 0) is 17.7 Å². The molecule has 2 aromatic rings. The minimum Gasteiger partial charge on any atom is -0.376 e. The number of thioether (sulfide) groups is 1. The molecule has 0 aromatic carbocycles. The summed E-state index contributed by atoms with van der Waals surface area (Å²) in [4.78, 5) is 16.2. The third-order valence-electron chi connectivity index (χ3n) is 3.56. The van der Waals surface area contributed by atoms with E-state index in [0.29, 0.717) is 23.4 Å². The van der Waals surface area contributed by atoms with Crippen molar-refractivity contribution in [1.29, 1.82) is 0 Å². The molecule has 1 aliphatic rings. The number of aromatic nitrogens is 5. The fraction of sp³-hybridized carbons (Fsp3) is 0.692. The Morgan fingerprint density at radius 2 is 2.41 bits per heavy atom. The van der Waals surface area contributed by atoms with Gasteiger partial charge in [0, 0.05) is 13.0 Å². The highest BCUT2D eigenvalue weighted by molar-refractivity contribution is 7.99. The molecule has 120 valence electrons. The van der Waals surface area contributed by atoms with E-state index in [0.717, 1.165) is 25.9 Å². The van der Waals surface area contributed by atoms with E-state index in [2.05, 4.69) is 20.3 Å². The van der Waals surface area contributed by atoms with Gasteiger partial charge in [-0.15, -0.1) is 5.10 Å². The second kappa shape index (κ2) is 6.66. The second-order valence-electron chi connectivity index (χ2n) is 5.22. The summed E-state index contributed by atoms with van der Waals surface area (Å²) in [7, 11) is 0. The molecule has 0 aliphatic carbocycles. The smallest absolute Gasteiger partial charge is 0.344 e. The van der Waals surface area contributed by atoms with E-state index in [1.54, 1.807) is 4.57 Å². The van der Waals surface area contributed by atoms with Crippen molar-refractivity contribution in [3.63, 3.8) is 0 Å². The van der Waals surface area contributed by atoms with Gasteiger partial charge < -0.3 is 9.26 Å². The molecule has 0 radical (unpaired) electrons. The maximum Gasteiger partial charge on any atom is 0.344 e. The molecule has 1 N–H and O–H groups in total. The summed E-state index contributed by atoms with van der Waals surface area (Å²) in [6, 6.07) is 0. The van der Waals surface area contributed by atoms with Crippen molar-refractivity contribution in [3.05, 3.63) is 22.2 Å². The topological polar surface area (TPSA) is 98.8 Å². The number of aromatic amines is 1. The van der Waals surface area contributed by atoms with Crippen LogP contribution < -0.4 is 5.69 Å². The van der Waals surface area contributed by atoms with Gasteiger partial charge in [-0.2, -0.15) is 4.98 Å². The number of nitrogens with one attached hydrogen (secondary N) is 1. The lowest BCUT2D eigenvalue weighted by Crippen LogP contribution is -2.25. The van der Waals surface area contributed by atoms with Gasteiger partial charge in [0.25, 0.3) is 0 Å². The predicted molar refractivity (Wildman–Crippen MR) is 79.8 cm³/mol. The monoisotopic (exact) mass is 325 g/mol. The molecule has 2 atom stereocenters. The zero-order valence-electron chi connectivity index (χ0n) is 12.6. The molecule has 0 amide bonds. The lowest BCUT2D eigenvalue weighted by molar-refractivity contribution is 0.0941. The lowest BCUT2D eigenvalue weighted by atomic mass is 10.2. The van der Waals surface area contributed by atoms with Crippen molar-refractivity contribution in [2.24, 2.45) is 0 Å². The normalized spacial score (nSPS) is 19.6. The minimum absolute atomic E-state index is 0.0775. The fourth-order valence-electron chi connectivity index (χ4n) is 2.33. The van der Waals surface area contributed by atoms with Crippen LogP contribution in [0, 0.1) is 0 Å². The summed E-state index contributed by atoms with van der Waals surface area (Å²) in [6.07, 6.45) is 2.83. The van der Waals surface area contributed by atoms with Gasteiger partial charge in [0.05, 0.1) is 17.9 Å². The quantitative estimate of drug-likeness (QED) is 0.804. The van der Waals surface area contributed by atoms with E-state index < -0.39 is 0 Å². The average molecular weight is 325 g/mol. The number of hydrogen-bond acceptors (Lipinski definition) is 7. The molecule has 9 heteroatoms. The number of hydrogen-bond donors (Lipinski definition) is 1. The van der Waals surface area contributed by atoms with Crippen LogP contribution in [0.1, 0.15) is 43.7 Å². The summed E-state index contributed by atoms with van der Waals surface area (Å²) >= 11 is 1.42. The molecular formula is C13H19N5O3S. The first-order valence-electron chi connectivity index (χ1n) is 7.43. The first-order chi connectivity index (χ1) is 10.7. The maximum atomic E-state index is 11.9. The van der Waals surface area contributed by atoms with Crippen molar-refractivity contribution < 1.29 is 9.26 Å². The van der Waals surface area contributed by atoms with Crippen molar-refractivity contribution in [1.82, 2.24) is 24.9 Å². The Kier molecular flexibility index (Phi) is 4.63. The zero-order valence-corrected chi connectivity index (χ0v) is 13.4. The molecule has 1 aliphatic heterocycles. The van der Waals surface area contributed by atoms with E-state index in [4.69, 9.17) is 9.26 Å². The van der Waals surface area contributed by atoms with E-state index in [9.17, 15) is 4.79 Å². The van der Waals surface area contributed by atoms with Crippen LogP contribution in [0.3, 0.4) is 0 Å². The van der Waals surface area contributed by atoms with Gasteiger partial charge in [-0.05, 0) is 19.8 Å². The Bertz CT molecular complexity index is 673. The van der Waals surface area contributed by atoms with Crippen LogP contribution in [0.15, 0.2) is 14.5 Å². The van der Waals surface area contributed by atoms with E-state index in [1.807, 2.05) is 13.8 Å². The fourth-order valence-corrected chi connectivity index (χ4v) is 3.23. The van der Waals surface area contributed by atoms with Crippen LogP contribution in [0.5, 0.6) is 0 Å². The molecule has 1 saturated heterocycles. The second-order valence-corrected chi connectivity index (χ2v) is 6.53. The molecule has 22 heavy (non-hydrogen) atoms. The molecule has 2 aromatic heterocycles. The zero-order chi connectivity index (χ0) is 15.5. The highest BCUT2D eigenvalue weighted by atomic mass is 32.2. The molecule has 2 unspecified atom stereocenters. The molecule has 0 saturated carbocycles. The molecule has 0 bridgehead atoms. The maximum absolute atomic E-state index is 11.9. The summed E-state index contributed by atoms with van der Waals surface area (Å²) < 4.78 is 12.4. The van der Waals surface area contributed by atoms with Crippen LogP contribution in [-0.4, -0.2) is 37.6 Å². The van der Waals surface area contributed by atoms with Crippen molar-refractivity contribution >= 4 is 11.8 Å². The standard InChI is InChI=1S/C13H19N5O3S/c1-3-10-14-11(21-17-10)8(2)22-13-16-15-12(19)18(13)7-9-5-4-6-20-9/h8-9H,3-7H2,1-2H3,(H,15,19). The average Bonchev–Trinajstić information content (AvgIpc) is 3.24. The van der Waals surface area contributed by atoms with Gasteiger partial charge in [-0.1, -0.05) is 23.8 Å². The predicted octanol–water partition coefficient (Wildman–Crippen LogP) is 1.55. The minimum atomic E-state index is -0.218. The third-order valence-corrected chi connectivity index (χ3v) is 4.64. The van der Waals surface area contributed by atoms with Crippen molar-refractivity contribution in [2.75, 3.05) is 6.61 Å². The summed E-state index contributed by atoms with van der Waals surface area (Å²) in [5, 5.41) is 11.0. The first-order valence-corrected chi connectivity index (χ1v) is 8.31. The van der Waals surface area contributed by atoms with Crippen LogP contribution in [0.2, 0.25) is 0 Å². The molecule has 0 spiro atoms. The number of rotatable bonds is 6. The highest BCUT2D eigenvalue weighted by Crippen LogP contribution is 2.32. The van der Waals surface area contributed by atoms with Gasteiger partial charge >= 0.3 is 5.69 Å². The van der Waals surface area contributed by atoms with Crippen LogP contribution in [0.4, 0.5) is 0 Å². The number of H-pyrrole nitrogens is 1. The van der Waals surface area contributed by atoms with Gasteiger partial charge in [0.2, 0.25) is 5.89 Å². The van der Waals surface area contributed by atoms with Crippen LogP contribution in [0.25, 0.3) is 0 Å². The third kappa shape index (κ3) is 3.25. The van der Waals surface area contributed by atoms with Crippen molar-refractivity contribution in [2.45, 2.75) is 56.2 Å². The Balaban J connectivity index is 1.72. The van der Waals surface area contributed by atoms with E-state index in [1.165, 1.54) is 11.8 Å². The summed E-state index contributed by atoms with van der Waals surface area (Å²) in [5.74, 6) is 1.22. The summed E-state index contributed by atoms with van der Waals surface area (Å²) in [5.41, 5.74) is -0.218. The van der Waals surface area contributed by atoms with Crippen LogP contribution >= 0.6 is 11.8 Å². The molecule has 3 heterocycles. The molecule has 8 nitrogen and oxygen atoms in total. The van der Waals surface area contributed by atoms with E-state index >= 15 is 0 Å². The van der Waals surface area contributed by atoms with Crippen molar-refractivity contribution in [3.8, 4) is 0 Å². The van der Waals surface area contributed by atoms with Gasteiger partial charge in [-0.25, -0.2) is 9.89 Å². The summed E-state index contributed by atoms with van der Waals surface area (Å²) in [6.45, 7) is 5.21. The number of aryl methyl sites for hydroxylation is 1. The SMILES string of the molecule is CCc1noc(C(C)Sc2n[nH]c(=O)n2CC2CCCO2)n1. The highest BCUT2D eigenvalue weighted by Gasteiger charge is 2.22. The Morgan fingerprint density at radius 1 is 1.55 bits per heavy atom. The molecular weight excluding hydrogens is 306 g/mol. The van der Waals surface area contributed by atoms with Gasteiger partial charge in [-0.3, -0.25) is 4.57 Å². The number of ether oxygens (including phenoxy) is 1. The Labute approximate surface area is 131 Å². The van der Waals surface area contributed by atoms with Gasteiger partial charge in [0.15, 0.2) is 11.0 Å². The Hall–Kier alpha value is -1.61. The number of nitrogens with zero attached hydrogens (tertiary/aromatic N) is 4. The van der Waals surface area contributed by atoms with Gasteiger partial charge in [0.1, 0.15) is 0 Å². The molecule has 3 rings (SSSR count). The molecule has 1 fully saturated rings. The largest absolute Gasteiger partial charge is 0.376 e. The lowest BCUT2D eigenvalue weighted by Gasteiger charge is -2.12. The Morgan fingerprint density at radius 3 is 3.09 bits per heavy atom. The van der Waals surface area contributed by atoms with E-state index in [-0.39, 0.29) is 17.0 Å². The first kappa shape index (κ1) is 15.3.